The Morgan fingerprint density at radius 3 is 2.14 bits per heavy atom. The zero-order valence-electron chi connectivity index (χ0n) is 29.6. The van der Waals surface area contributed by atoms with Gasteiger partial charge in [-0.15, -0.1) is 0 Å². The average molecular weight is 617 g/mol. The number of hydrogen-bond donors (Lipinski definition) is 1. The largest absolute Gasteiger partial charge is 0.413 e. The Morgan fingerprint density at radius 1 is 0.929 bits per heavy atom. The first-order valence-electron chi connectivity index (χ1n) is 17.7. The highest BCUT2D eigenvalue weighted by Gasteiger charge is 2.54. The van der Waals surface area contributed by atoms with Gasteiger partial charge in [0.25, 0.3) is 0 Å². The third-order valence-corrected chi connectivity index (χ3v) is 21.0. The Hall–Kier alpha value is -0.386. The number of hydrogen-bond acceptors (Lipinski definition) is 3. The van der Waals surface area contributed by atoms with E-state index in [1.54, 1.807) is 5.57 Å². The quantitative estimate of drug-likeness (QED) is 0.109. The Bertz CT molecular complexity index is 952. The molecule has 42 heavy (non-hydrogen) atoms. The first-order valence-corrected chi connectivity index (χ1v) is 23.5. The van der Waals surface area contributed by atoms with Crippen LogP contribution in [0.2, 0.25) is 36.3 Å². The summed E-state index contributed by atoms with van der Waals surface area (Å²) in [5, 5.41) is 9.84. The smallest absolute Gasteiger partial charge is 0.192 e. The van der Waals surface area contributed by atoms with Crippen LogP contribution < -0.4 is 0 Å². The summed E-state index contributed by atoms with van der Waals surface area (Å²) in [5.74, 6) is 10.0. The molecule has 3 aliphatic rings. The number of fused-ring (bicyclic) bond motifs is 1. The molecule has 3 nitrogen and oxygen atoms in total. The fourth-order valence-electron chi connectivity index (χ4n) is 7.37. The Kier molecular flexibility index (Phi) is 12.3. The van der Waals surface area contributed by atoms with Crippen molar-refractivity contribution >= 4 is 16.6 Å². The summed E-state index contributed by atoms with van der Waals surface area (Å²) in [5.41, 5.74) is 1.61. The van der Waals surface area contributed by atoms with Crippen LogP contribution in [0.5, 0.6) is 0 Å². The van der Waals surface area contributed by atoms with Gasteiger partial charge in [0.05, 0.1) is 11.7 Å². The van der Waals surface area contributed by atoms with Crippen molar-refractivity contribution in [2.45, 2.75) is 180 Å². The topological polar surface area (TPSA) is 38.7 Å². The Labute approximate surface area is 263 Å². The van der Waals surface area contributed by atoms with E-state index in [9.17, 15) is 5.11 Å². The molecule has 5 heteroatoms. The molecule has 3 fully saturated rings. The van der Waals surface area contributed by atoms with Crippen molar-refractivity contribution in [3.05, 3.63) is 11.6 Å². The molecular weight excluding hydrogens is 549 g/mol. The molecule has 0 aromatic rings. The summed E-state index contributed by atoms with van der Waals surface area (Å²) in [6.07, 6.45) is 17.8. The molecule has 0 aromatic carbocycles. The molecular formula is C37H68O3Si2. The lowest BCUT2D eigenvalue weighted by molar-refractivity contribution is -0.0158. The van der Waals surface area contributed by atoms with Crippen molar-refractivity contribution in [3.8, 4) is 11.8 Å². The van der Waals surface area contributed by atoms with Crippen LogP contribution in [-0.4, -0.2) is 40.1 Å². The zero-order valence-corrected chi connectivity index (χ0v) is 31.6. The van der Waals surface area contributed by atoms with Crippen LogP contribution in [0.15, 0.2) is 11.6 Å². The monoisotopic (exact) mass is 616 g/mol. The number of aliphatic hydroxyl groups excluding tert-OH is 1. The van der Waals surface area contributed by atoms with E-state index in [4.69, 9.17) is 8.85 Å². The van der Waals surface area contributed by atoms with E-state index in [0.717, 1.165) is 38.5 Å². The summed E-state index contributed by atoms with van der Waals surface area (Å²) in [6.45, 7) is 26.5. The zero-order chi connectivity index (χ0) is 31.4. The third kappa shape index (κ3) is 8.45. The van der Waals surface area contributed by atoms with Gasteiger partial charge in [-0.3, -0.25) is 0 Å². The predicted octanol–water partition coefficient (Wildman–Crippen LogP) is 10.7. The van der Waals surface area contributed by atoms with Gasteiger partial charge in [-0.05, 0) is 99.0 Å². The molecule has 5 atom stereocenters. The summed E-state index contributed by atoms with van der Waals surface area (Å²) in [7, 11) is -3.82. The molecule has 242 valence electrons. The molecule has 0 aromatic heterocycles. The van der Waals surface area contributed by atoms with Crippen molar-refractivity contribution in [1.29, 1.82) is 0 Å². The van der Waals surface area contributed by atoms with Gasteiger partial charge >= 0.3 is 0 Å². The van der Waals surface area contributed by atoms with Gasteiger partial charge in [0.2, 0.25) is 0 Å². The van der Waals surface area contributed by atoms with Gasteiger partial charge in [0.1, 0.15) is 0 Å². The number of unbranched alkanes of at least 4 members (excludes halogenated alkanes) is 2. The molecule has 3 saturated carbocycles. The standard InChI is InChI=1S/C37H68O3Si2/c1-12-13-20-30-29(21-15-18-28-38)31-23-24-33(39-41(8,9)35(2,3)4)32(34(30)31)22-19-27-37(25-16-14-17-26-37)40-42(10,11)36(5,6)7/h21,30-34,38H,12-18,20,23-28H2,1-11H3/b29-21-. The summed E-state index contributed by atoms with van der Waals surface area (Å²) in [6, 6.07) is 0. The van der Waals surface area contributed by atoms with Crippen LogP contribution in [0.3, 0.4) is 0 Å². The van der Waals surface area contributed by atoms with Crippen LogP contribution in [0.25, 0.3) is 0 Å². The average Bonchev–Trinajstić information content (AvgIpc) is 2.87. The van der Waals surface area contributed by atoms with Crippen molar-refractivity contribution in [2.24, 2.45) is 23.7 Å². The first kappa shape index (κ1) is 36.1. The van der Waals surface area contributed by atoms with Crippen molar-refractivity contribution in [2.75, 3.05) is 6.61 Å². The van der Waals surface area contributed by atoms with Crippen molar-refractivity contribution < 1.29 is 14.0 Å². The van der Waals surface area contributed by atoms with E-state index < -0.39 is 16.6 Å². The fourth-order valence-corrected chi connectivity index (χ4v) is 10.4. The van der Waals surface area contributed by atoms with Gasteiger partial charge in [0, 0.05) is 18.9 Å². The van der Waals surface area contributed by atoms with E-state index in [0.29, 0.717) is 23.7 Å². The van der Waals surface area contributed by atoms with Crippen LogP contribution in [0, 0.1) is 35.5 Å². The molecule has 3 rings (SSSR count). The molecule has 0 bridgehead atoms. The predicted molar refractivity (Wildman–Crippen MR) is 186 cm³/mol. The van der Waals surface area contributed by atoms with Crippen LogP contribution >= 0.6 is 0 Å². The minimum Gasteiger partial charge on any atom is -0.413 e. The number of aliphatic hydroxyl groups is 1. The molecule has 5 unspecified atom stereocenters. The van der Waals surface area contributed by atoms with Gasteiger partial charge < -0.3 is 14.0 Å². The second kappa shape index (κ2) is 14.4. The molecule has 3 aliphatic carbocycles. The maximum Gasteiger partial charge on any atom is 0.192 e. The van der Waals surface area contributed by atoms with Crippen LogP contribution in [-0.2, 0) is 8.85 Å². The van der Waals surface area contributed by atoms with Crippen molar-refractivity contribution in [1.82, 2.24) is 0 Å². The highest BCUT2D eigenvalue weighted by atomic mass is 28.4. The minimum atomic E-state index is -1.92. The van der Waals surface area contributed by atoms with Gasteiger partial charge in [-0.25, -0.2) is 0 Å². The maximum atomic E-state index is 9.43. The maximum absolute atomic E-state index is 9.43. The summed E-state index contributed by atoms with van der Waals surface area (Å²) < 4.78 is 14.5. The van der Waals surface area contributed by atoms with E-state index >= 15 is 0 Å². The Morgan fingerprint density at radius 2 is 1.57 bits per heavy atom. The van der Waals surface area contributed by atoms with Crippen molar-refractivity contribution in [3.63, 3.8) is 0 Å². The van der Waals surface area contributed by atoms with E-state index in [2.05, 4.69) is 92.6 Å². The normalized spacial score (nSPS) is 29.4. The van der Waals surface area contributed by atoms with Gasteiger partial charge in [-0.2, -0.15) is 0 Å². The van der Waals surface area contributed by atoms with Gasteiger partial charge in [-0.1, -0.05) is 104 Å². The Balaban J connectivity index is 1.95. The molecule has 0 saturated heterocycles. The fraction of sp³-hybridized carbons (Fsp3) is 0.892. The van der Waals surface area contributed by atoms with E-state index in [1.165, 1.54) is 44.9 Å². The summed E-state index contributed by atoms with van der Waals surface area (Å²) in [4.78, 5) is 0. The number of allylic oxidation sites excluding steroid dienone is 2. The second-order valence-corrected chi connectivity index (χ2v) is 26.6. The minimum absolute atomic E-state index is 0.0747. The third-order valence-electron chi connectivity index (χ3n) is 11.9. The first-order chi connectivity index (χ1) is 19.5. The molecule has 0 aliphatic heterocycles. The molecule has 0 spiro atoms. The molecule has 0 radical (unpaired) electrons. The van der Waals surface area contributed by atoms with E-state index in [1.807, 2.05) is 0 Å². The van der Waals surface area contributed by atoms with E-state index in [-0.39, 0.29) is 28.4 Å². The molecule has 0 amide bonds. The highest BCUT2D eigenvalue weighted by Crippen LogP contribution is 2.58. The lowest BCUT2D eigenvalue weighted by atomic mass is 9.50. The second-order valence-electron chi connectivity index (χ2n) is 17.1. The van der Waals surface area contributed by atoms with Crippen LogP contribution in [0.1, 0.15) is 132 Å². The van der Waals surface area contributed by atoms with Gasteiger partial charge in [0.15, 0.2) is 16.6 Å². The lowest BCUT2D eigenvalue weighted by Gasteiger charge is -2.57. The molecule has 0 heterocycles. The lowest BCUT2D eigenvalue weighted by Crippen LogP contribution is -2.55. The molecule has 1 N–H and O–H groups in total. The summed E-state index contributed by atoms with van der Waals surface area (Å²) >= 11 is 0. The SMILES string of the molecule is CCCCC1/C(=C/CCCO)C2CCC(O[Si](C)(C)C(C)(C)C)C(C#CCC3(O[Si](C)(C)C(C)(C)C)CCCCC3)C12. The highest BCUT2D eigenvalue weighted by molar-refractivity contribution is 6.74. The van der Waals surface area contributed by atoms with Crippen LogP contribution in [0.4, 0.5) is 0 Å². The number of rotatable bonds is 11.